The van der Waals surface area contributed by atoms with Crippen LogP contribution in [0.15, 0.2) is 12.1 Å². The molecule has 1 rings (SSSR count). The van der Waals surface area contributed by atoms with Crippen LogP contribution in [0.1, 0.15) is 12.5 Å². The number of methoxy groups -OCH3 is 1. The van der Waals surface area contributed by atoms with Gasteiger partial charge in [-0.15, -0.1) is 0 Å². The lowest BCUT2D eigenvalue weighted by Gasteiger charge is -2.11. The third-order valence-corrected chi connectivity index (χ3v) is 2.23. The van der Waals surface area contributed by atoms with Crippen LogP contribution >= 0.6 is 0 Å². The molecule has 94 valence electrons. The van der Waals surface area contributed by atoms with Gasteiger partial charge in [0.1, 0.15) is 0 Å². The van der Waals surface area contributed by atoms with Gasteiger partial charge in [0.15, 0.2) is 5.75 Å². The standard InChI is InChI=1S/C11H16N2O4/c1-3-17-11-9(13(14)15)6-8(4-5-12)7-10(11)16-2/h6-7H,3-5,12H2,1-2H3. The van der Waals surface area contributed by atoms with E-state index >= 15 is 0 Å². The van der Waals surface area contributed by atoms with E-state index in [1.54, 1.807) is 13.0 Å². The average molecular weight is 240 g/mol. The van der Waals surface area contributed by atoms with E-state index in [0.29, 0.717) is 25.3 Å². The Balaban J connectivity index is 3.29. The molecule has 0 aliphatic rings. The molecule has 0 saturated heterocycles. The van der Waals surface area contributed by atoms with E-state index in [1.807, 2.05) is 0 Å². The van der Waals surface area contributed by atoms with Crippen LogP contribution in [0, 0.1) is 10.1 Å². The molecule has 0 saturated carbocycles. The first-order chi connectivity index (χ1) is 8.13. The Kier molecular flexibility index (Phi) is 4.71. The van der Waals surface area contributed by atoms with Crippen LogP contribution in [0.3, 0.4) is 0 Å². The zero-order chi connectivity index (χ0) is 12.8. The fraction of sp³-hybridized carbons (Fsp3) is 0.455. The van der Waals surface area contributed by atoms with Gasteiger partial charge < -0.3 is 15.2 Å². The van der Waals surface area contributed by atoms with Gasteiger partial charge in [0.2, 0.25) is 5.75 Å². The van der Waals surface area contributed by atoms with Crippen LogP contribution in [-0.2, 0) is 6.42 Å². The van der Waals surface area contributed by atoms with Gasteiger partial charge in [0.25, 0.3) is 0 Å². The van der Waals surface area contributed by atoms with Gasteiger partial charge in [-0.25, -0.2) is 0 Å². The van der Waals surface area contributed by atoms with Crippen LogP contribution in [-0.4, -0.2) is 25.2 Å². The predicted octanol–water partition coefficient (Wildman–Crippen LogP) is 1.50. The summed E-state index contributed by atoms with van der Waals surface area (Å²) in [4.78, 5) is 10.5. The second kappa shape index (κ2) is 6.05. The van der Waals surface area contributed by atoms with Gasteiger partial charge in [0.05, 0.1) is 18.6 Å². The minimum atomic E-state index is -0.479. The number of ether oxygens (including phenoxy) is 2. The van der Waals surface area contributed by atoms with E-state index in [0.717, 1.165) is 5.56 Å². The normalized spacial score (nSPS) is 10.1. The SMILES string of the molecule is CCOc1c(OC)cc(CCN)cc1[N+](=O)[O-]. The number of nitrogens with two attached hydrogens (primary N) is 1. The van der Waals surface area contributed by atoms with E-state index in [4.69, 9.17) is 15.2 Å². The first kappa shape index (κ1) is 13.2. The molecular formula is C11H16N2O4. The molecule has 0 atom stereocenters. The summed E-state index contributed by atoms with van der Waals surface area (Å²) in [5.41, 5.74) is 6.11. The molecule has 0 aromatic heterocycles. The minimum Gasteiger partial charge on any atom is -0.493 e. The van der Waals surface area contributed by atoms with Gasteiger partial charge in [-0.1, -0.05) is 0 Å². The highest BCUT2D eigenvalue weighted by atomic mass is 16.6. The Morgan fingerprint density at radius 3 is 2.65 bits per heavy atom. The Morgan fingerprint density at radius 1 is 1.47 bits per heavy atom. The Hall–Kier alpha value is -1.82. The lowest BCUT2D eigenvalue weighted by molar-refractivity contribution is -0.386. The summed E-state index contributed by atoms with van der Waals surface area (Å²) in [5, 5.41) is 11.0. The van der Waals surface area contributed by atoms with Crippen molar-refractivity contribution in [2.24, 2.45) is 5.73 Å². The average Bonchev–Trinajstić information content (AvgIpc) is 2.30. The maximum atomic E-state index is 11.0. The maximum Gasteiger partial charge on any atom is 0.315 e. The van der Waals surface area contributed by atoms with Crippen molar-refractivity contribution in [1.29, 1.82) is 0 Å². The van der Waals surface area contributed by atoms with Crippen LogP contribution in [0.25, 0.3) is 0 Å². The van der Waals surface area contributed by atoms with Crippen molar-refractivity contribution in [1.82, 2.24) is 0 Å². The monoisotopic (exact) mass is 240 g/mol. The van der Waals surface area contributed by atoms with Crippen molar-refractivity contribution in [3.63, 3.8) is 0 Å². The zero-order valence-corrected chi connectivity index (χ0v) is 9.93. The van der Waals surface area contributed by atoms with Crippen molar-refractivity contribution in [3.05, 3.63) is 27.8 Å². The van der Waals surface area contributed by atoms with E-state index in [2.05, 4.69) is 0 Å². The first-order valence-electron chi connectivity index (χ1n) is 5.32. The lowest BCUT2D eigenvalue weighted by atomic mass is 10.1. The summed E-state index contributed by atoms with van der Waals surface area (Å²) in [7, 11) is 1.45. The molecule has 0 bridgehead atoms. The summed E-state index contributed by atoms with van der Waals surface area (Å²) in [6.45, 7) is 2.53. The number of hydrogen-bond donors (Lipinski definition) is 1. The zero-order valence-electron chi connectivity index (χ0n) is 9.93. The van der Waals surface area contributed by atoms with Crippen molar-refractivity contribution in [2.45, 2.75) is 13.3 Å². The summed E-state index contributed by atoms with van der Waals surface area (Å²) in [6.07, 6.45) is 0.559. The highest BCUT2D eigenvalue weighted by Gasteiger charge is 2.21. The van der Waals surface area contributed by atoms with Crippen LogP contribution in [0.4, 0.5) is 5.69 Å². The summed E-state index contributed by atoms with van der Waals surface area (Å²) >= 11 is 0. The van der Waals surface area contributed by atoms with E-state index < -0.39 is 4.92 Å². The topological polar surface area (TPSA) is 87.6 Å². The molecule has 0 heterocycles. The molecule has 0 fully saturated rings. The quantitative estimate of drug-likeness (QED) is 0.601. The maximum absolute atomic E-state index is 11.0. The summed E-state index contributed by atoms with van der Waals surface area (Å²) < 4.78 is 10.4. The Morgan fingerprint density at radius 2 is 2.18 bits per heavy atom. The number of rotatable bonds is 6. The van der Waals surface area contributed by atoms with Crippen molar-refractivity contribution in [2.75, 3.05) is 20.3 Å². The number of nitro groups is 1. The van der Waals surface area contributed by atoms with Crippen molar-refractivity contribution in [3.8, 4) is 11.5 Å². The van der Waals surface area contributed by atoms with Crippen LogP contribution in [0.5, 0.6) is 11.5 Å². The minimum absolute atomic E-state index is 0.0883. The molecular weight excluding hydrogens is 224 g/mol. The molecule has 1 aromatic rings. The van der Waals surface area contributed by atoms with Gasteiger partial charge in [0, 0.05) is 6.07 Å². The molecule has 17 heavy (non-hydrogen) atoms. The number of hydrogen-bond acceptors (Lipinski definition) is 5. The van der Waals surface area contributed by atoms with Gasteiger partial charge in [-0.2, -0.15) is 0 Å². The predicted molar refractivity (Wildman–Crippen MR) is 63.6 cm³/mol. The Labute approximate surface area is 99.5 Å². The van der Waals surface area contributed by atoms with Crippen LogP contribution < -0.4 is 15.2 Å². The lowest BCUT2D eigenvalue weighted by Crippen LogP contribution is -2.05. The molecule has 0 aliphatic heterocycles. The fourth-order valence-electron chi connectivity index (χ4n) is 1.53. The van der Waals surface area contributed by atoms with E-state index in [1.165, 1.54) is 13.2 Å². The third kappa shape index (κ3) is 3.07. The van der Waals surface area contributed by atoms with Crippen molar-refractivity contribution >= 4 is 5.69 Å². The smallest absolute Gasteiger partial charge is 0.315 e. The van der Waals surface area contributed by atoms with E-state index in [9.17, 15) is 10.1 Å². The number of benzene rings is 1. The first-order valence-corrected chi connectivity index (χ1v) is 5.32. The van der Waals surface area contributed by atoms with Crippen molar-refractivity contribution < 1.29 is 14.4 Å². The van der Waals surface area contributed by atoms with Crippen LogP contribution in [0.2, 0.25) is 0 Å². The highest BCUT2D eigenvalue weighted by molar-refractivity contribution is 5.58. The van der Waals surface area contributed by atoms with Gasteiger partial charge in [-0.05, 0) is 31.5 Å². The second-order valence-electron chi connectivity index (χ2n) is 3.38. The van der Waals surface area contributed by atoms with Gasteiger partial charge >= 0.3 is 5.69 Å². The number of nitrogens with zero attached hydrogens (tertiary/aromatic N) is 1. The molecule has 6 nitrogen and oxygen atoms in total. The molecule has 0 spiro atoms. The fourth-order valence-corrected chi connectivity index (χ4v) is 1.53. The highest BCUT2D eigenvalue weighted by Crippen LogP contribution is 2.38. The molecule has 2 N–H and O–H groups in total. The summed E-state index contributed by atoms with van der Waals surface area (Å²) in [5.74, 6) is 0.533. The molecule has 0 aliphatic carbocycles. The molecule has 0 unspecified atom stereocenters. The molecule has 0 amide bonds. The van der Waals surface area contributed by atoms with E-state index in [-0.39, 0.29) is 11.4 Å². The molecule has 6 heteroatoms. The molecule has 1 aromatic carbocycles. The number of nitro benzene ring substituents is 1. The van der Waals surface area contributed by atoms with Gasteiger partial charge in [-0.3, -0.25) is 10.1 Å². The third-order valence-electron chi connectivity index (χ3n) is 2.23. The summed E-state index contributed by atoms with van der Waals surface area (Å²) in [6, 6.07) is 3.19. The molecule has 0 radical (unpaired) electrons. The second-order valence-corrected chi connectivity index (χ2v) is 3.38. The Bertz CT molecular complexity index is 407. The largest absolute Gasteiger partial charge is 0.493 e.